The Morgan fingerprint density at radius 2 is 2.20 bits per heavy atom. The third kappa shape index (κ3) is 5.67. The Morgan fingerprint density at radius 1 is 1.40 bits per heavy atom. The highest BCUT2D eigenvalue weighted by Crippen LogP contribution is 2.13. The zero-order valence-electron chi connectivity index (χ0n) is 14.2. The second-order valence-corrected chi connectivity index (χ2v) is 5.72. The maximum Gasteiger partial charge on any atom is 0.226 e. The number of anilines is 1. The van der Waals surface area contributed by atoms with E-state index in [9.17, 15) is 4.79 Å². The van der Waals surface area contributed by atoms with Crippen molar-refractivity contribution in [1.82, 2.24) is 20.1 Å². The first kappa shape index (κ1) is 21.4. The van der Waals surface area contributed by atoms with Crippen molar-refractivity contribution in [2.45, 2.75) is 26.3 Å². The Kier molecular flexibility index (Phi) is 8.31. The van der Waals surface area contributed by atoms with Gasteiger partial charge in [-0.25, -0.2) is 9.67 Å². The molecule has 1 aliphatic rings. The molecule has 0 bridgehead atoms. The topological polar surface area (TPSA) is 81.1 Å². The average molecular weight is 388 g/mol. The molecule has 0 aromatic carbocycles. The number of morpholine rings is 1. The number of hydrogen-bond donors (Lipinski definition) is 2. The van der Waals surface area contributed by atoms with Gasteiger partial charge in [0.2, 0.25) is 5.91 Å². The van der Waals surface area contributed by atoms with E-state index < -0.39 is 0 Å². The minimum Gasteiger partial charge on any atom is -0.378 e. The molecule has 1 aliphatic heterocycles. The standard InChI is InChI=1S/C16H21N5O2.2ClH/c1-11-7-12(2)21(20-11)15-4-3-13(9-18-15)19-16(22)8-14-10-23-6-5-17-14;;/h3-4,7,9,14,17H,5-6,8,10H2,1-2H3,(H,19,22);2*1H. The molecule has 3 rings (SSSR count). The van der Waals surface area contributed by atoms with E-state index in [4.69, 9.17) is 4.74 Å². The van der Waals surface area contributed by atoms with Crippen LogP contribution < -0.4 is 10.6 Å². The molecule has 2 aromatic heterocycles. The van der Waals surface area contributed by atoms with Crippen LogP contribution in [-0.4, -0.2) is 46.5 Å². The van der Waals surface area contributed by atoms with Crippen molar-refractivity contribution in [1.29, 1.82) is 0 Å². The van der Waals surface area contributed by atoms with E-state index in [2.05, 4.69) is 20.7 Å². The molecule has 138 valence electrons. The lowest BCUT2D eigenvalue weighted by atomic mass is 10.2. The van der Waals surface area contributed by atoms with Gasteiger partial charge in [-0.1, -0.05) is 0 Å². The SMILES string of the molecule is Cc1cc(C)n(-c2ccc(NC(=O)CC3COCCN3)cn2)n1.Cl.Cl. The van der Waals surface area contributed by atoms with Crippen molar-refractivity contribution in [2.75, 3.05) is 25.1 Å². The number of aryl methyl sites for hydroxylation is 2. The fourth-order valence-corrected chi connectivity index (χ4v) is 2.63. The van der Waals surface area contributed by atoms with Gasteiger partial charge in [0.05, 0.1) is 30.8 Å². The Morgan fingerprint density at radius 3 is 2.76 bits per heavy atom. The molecule has 0 radical (unpaired) electrons. The number of amides is 1. The predicted molar refractivity (Wildman–Crippen MR) is 101 cm³/mol. The number of carbonyl (C=O) groups excluding carboxylic acids is 1. The summed E-state index contributed by atoms with van der Waals surface area (Å²) in [4.78, 5) is 16.4. The van der Waals surface area contributed by atoms with Crippen molar-refractivity contribution >= 4 is 36.4 Å². The molecule has 1 saturated heterocycles. The van der Waals surface area contributed by atoms with Gasteiger partial charge < -0.3 is 15.4 Å². The van der Waals surface area contributed by atoms with Gasteiger partial charge in [0.15, 0.2) is 5.82 Å². The number of pyridine rings is 1. The summed E-state index contributed by atoms with van der Waals surface area (Å²) in [6, 6.07) is 5.75. The van der Waals surface area contributed by atoms with Crippen LogP contribution in [0.15, 0.2) is 24.4 Å². The molecule has 1 unspecified atom stereocenters. The largest absolute Gasteiger partial charge is 0.378 e. The Hall–Kier alpha value is -1.67. The van der Waals surface area contributed by atoms with Gasteiger partial charge in [-0.3, -0.25) is 4.79 Å². The molecular formula is C16H23Cl2N5O2. The Bertz CT molecular complexity index is 684. The summed E-state index contributed by atoms with van der Waals surface area (Å²) in [6.07, 6.45) is 2.04. The highest BCUT2D eigenvalue weighted by Gasteiger charge is 2.17. The van der Waals surface area contributed by atoms with Gasteiger partial charge in [0.25, 0.3) is 0 Å². The van der Waals surface area contributed by atoms with E-state index in [0.29, 0.717) is 25.3 Å². The van der Waals surface area contributed by atoms with Crippen molar-refractivity contribution in [3.05, 3.63) is 35.8 Å². The Balaban J connectivity index is 0.00000156. The van der Waals surface area contributed by atoms with Gasteiger partial charge in [-0.05, 0) is 32.0 Å². The number of hydrogen-bond acceptors (Lipinski definition) is 5. The molecule has 9 heteroatoms. The van der Waals surface area contributed by atoms with Crippen LogP contribution in [0.25, 0.3) is 5.82 Å². The molecule has 7 nitrogen and oxygen atoms in total. The quantitative estimate of drug-likeness (QED) is 0.838. The van der Waals surface area contributed by atoms with Crippen LogP contribution in [0.3, 0.4) is 0 Å². The second kappa shape index (κ2) is 9.72. The van der Waals surface area contributed by atoms with E-state index in [-0.39, 0.29) is 36.8 Å². The maximum absolute atomic E-state index is 12.0. The normalized spacial score (nSPS) is 16.5. The molecule has 0 saturated carbocycles. The minimum atomic E-state index is -0.0475. The molecule has 25 heavy (non-hydrogen) atoms. The van der Waals surface area contributed by atoms with Gasteiger partial charge in [-0.15, -0.1) is 24.8 Å². The van der Waals surface area contributed by atoms with E-state index in [1.54, 1.807) is 10.9 Å². The number of aromatic nitrogens is 3. The molecule has 0 spiro atoms. The van der Waals surface area contributed by atoms with E-state index in [0.717, 1.165) is 23.8 Å². The van der Waals surface area contributed by atoms with Crippen LogP contribution in [0, 0.1) is 13.8 Å². The van der Waals surface area contributed by atoms with Crippen molar-refractivity contribution in [3.63, 3.8) is 0 Å². The first-order valence-corrected chi connectivity index (χ1v) is 7.72. The molecular weight excluding hydrogens is 365 g/mol. The fourth-order valence-electron chi connectivity index (χ4n) is 2.63. The zero-order valence-corrected chi connectivity index (χ0v) is 15.8. The molecule has 0 aliphatic carbocycles. The fraction of sp³-hybridized carbons (Fsp3) is 0.438. The van der Waals surface area contributed by atoms with Crippen LogP contribution in [0.4, 0.5) is 5.69 Å². The van der Waals surface area contributed by atoms with Crippen LogP contribution >= 0.6 is 24.8 Å². The van der Waals surface area contributed by atoms with E-state index >= 15 is 0 Å². The van der Waals surface area contributed by atoms with Gasteiger partial charge in [-0.2, -0.15) is 5.10 Å². The average Bonchev–Trinajstić information content (AvgIpc) is 2.87. The summed E-state index contributed by atoms with van der Waals surface area (Å²) in [6.45, 7) is 5.99. The van der Waals surface area contributed by atoms with Crippen LogP contribution in [0.5, 0.6) is 0 Å². The summed E-state index contributed by atoms with van der Waals surface area (Å²) < 4.78 is 7.13. The van der Waals surface area contributed by atoms with Crippen molar-refractivity contribution in [2.24, 2.45) is 0 Å². The first-order valence-electron chi connectivity index (χ1n) is 7.72. The predicted octanol–water partition coefficient (Wildman–Crippen LogP) is 2.04. The summed E-state index contributed by atoms with van der Waals surface area (Å²) in [5.74, 6) is 0.685. The summed E-state index contributed by atoms with van der Waals surface area (Å²) in [7, 11) is 0. The summed E-state index contributed by atoms with van der Waals surface area (Å²) in [5, 5.41) is 10.5. The van der Waals surface area contributed by atoms with Gasteiger partial charge >= 0.3 is 0 Å². The third-order valence-electron chi connectivity index (χ3n) is 3.69. The van der Waals surface area contributed by atoms with Crippen molar-refractivity contribution in [3.8, 4) is 5.82 Å². The molecule has 1 fully saturated rings. The molecule has 2 N–H and O–H groups in total. The highest BCUT2D eigenvalue weighted by molar-refractivity contribution is 5.91. The second-order valence-electron chi connectivity index (χ2n) is 5.72. The molecule has 2 aromatic rings. The third-order valence-corrected chi connectivity index (χ3v) is 3.69. The number of nitrogens with zero attached hydrogens (tertiary/aromatic N) is 3. The maximum atomic E-state index is 12.0. The van der Waals surface area contributed by atoms with Crippen molar-refractivity contribution < 1.29 is 9.53 Å². The first-order chi connectivity index (χ1) is 11.1. The lowest BCUT2D eigenvalue weighted by molar-refractivity contribution is -0.117. The lowest BCUT2D eigenvalue weighted by Crippen LogP contribution is -2.43. The Labute approximate surface area is 159 Å². The smallest absolute Gasteiger partial charge is 0.226 e. The van der Waals surface area contributed by atoms with Crippen LogP contribution in [-0.2, 0) is 9.53 Å². The monoisotopic (exact) mass is 387 g/mol. The lowest BCUT2D eigenvalue weighted by Gasteiger charge is -2.23. The number of carbonyl (C=O) groups is 1. The minimum absolute atomic E-state index is 0. The van der Waals surface area contributed by atoms with E-state index in [1.807, 2.05) is 32.0 Å². The molecule has 3 heterocycles. The summed E-state index contributed by atoms with van der Waals surface area (Å²) >= 11 is 0. The number of nitrogens with one attached hydrogen (secondary N) is 2. The summed E-state index contributed by atoms with van der Waals surface area (Å²) in [5.41, 5.74) is 2.65. The van der Waals surface area contributed by atoms with Crippen LogP contribution in [0.2, 0.25) is 0 Å². The molecule has 1 amide bonds. The number of ether oxygens (including phenoxy) is 1. The number of halogens is 2. The highest BCUT2D eigenvalue weighted by atomic mass is 35.5. The van der Waals surface area contributed by atoms with Gasteiger partial charge in [0.1, 0.15) is 0 Å². The number of rotatable bonds is 4. The van der Waals surface area contributed by atoms with Crippen LogP contribution in [0.1, 0.15) is 17.8 Å². The molecule has 1 atom stereocenters. The van der Waals surface area contributed by atoms with Gasteiger partial charge in [0, 0.05) is 24.7 Å². The van der Waals surface area contributed by atoms with E-state index in [1.165, 1.54) is 0 Å². The zero-order chi connectivity index (χ0) is 16.2.